The van der Waals surface area contributed by atoms with Crippen molar-refractivity contribution in [2.75, 3.05) is 13.2 Å². The molecular formula is C12H15NO4. The Balaban J connectivity index is 2.06. The number of aromatic carboxylic acids is 1. The van der Waals surface area contributed by atoms with E-state index in [0.29, 0.717) is 18.1 Å². The molecule has 92 valence electrons. The lowest BCUT2D eigenvalue weighted by atomic mass is 10.2. The fourth-order valence-electron chi connectivity index (χ4n) is 1.77. The molecule has 0 radical (unpaired) electrons. The monoisotopic (exact) mass is 237 g/mol. The maximum Gasteiger partial charge on any atom is 0.358 e. The van der Waals surface area contributed by atoms with Gasteiger partial charge in [0.05, 0.1) is 6.10 Å². The topological polar surface area (TPSA) is 68.7 Å². The van der Waals surface area contributed by atoms with Gasteiger partial charge in [0, 0.05) is 12.3 Å². The van der Waals surface area contributed by atoms with E-state index < -0.39 is 5.97 Å². The van der Waals surface area contributed by atoms with Gasteiger partial charge < -0.3 is 14.6 Å². The quantitative estimate of drug-likeness (QED) is 0.862. The second-order valence-corrected chi connectivity index (χ2v) is 4.05. The van der Waals surface area contributed by atoms with Gasteiger partial charge in [-0.15, -0.1) is 0 Å². The van der Waals surface area contributed by atoms with Gasteiger partial charge >= 0.3 is 5.97 Å². The van der Waals surface area contributed by atoms with Crippen molar-refractivity contribution in [1.82, 2.24) is 4.98 Å². The molecule has 2 heterocycles. The van der Waals surface area contributed by atoms with Gasteiger partial charge in [-0.2, -0.15) is 0 Å². The number of rotatable bonds is 4. The second-order valence-electron chi connectivity index (χ2n) is 4.05. The lowest BCUT2D eigenvalue weighted by molar-refractivity contribution is 0.0623. The SMILES string of the molecule is Cc1ccc(OCC2CCCO2)c(C(=O)O)n1. The summed E-state index contributed by atoms with van der Waals surface area (Å²) in [6.07, 6.45) is 2.06. The first kappa shape index (κ1) is 11.9. The lowest BCUT2D eigenvalue weighted by Gasteiger charge is -2.12. The minimum atomic E-state index is -1.07. The van der Waals surface area contributed by atoms with Crippen LogP contribution >= 0.6 is 0 Å². The van der Waals surface area contributed by atoms with Crippen LogP contribution in [0.1, 0.15) is 29.0 Å². The van der Waals surface area contributed by atoms with Crippen molar-refractivity contribution in [2.24, 2.45) is 0 Å². The summed E-state index contributed by atoms with van der Waals surface area (Å²) in [5.74, 6) is -0.769. The van der Waals surface area contributed by atoms with Crippen molar-refractivity contribution in [3.63, 3.8) is 0 Å². The van der Waals surface area contributed by atoms with E-state index in [0.717, 1.165) is 19.4 Å². The molecule has 0 bridgehead atoms. The fourth-order valence-corrected chi connectivity index (χ4v) is 1.77. The van der Waals surface area contributed by atoms with E-state index in [4.69, 9.17) is 14.6 Å². The van der Waals surface area contributed by atoms with Gasteiger partial charge in [-0.25, -0.2) is 9.78 Å². The Labute approximate surface area is 99.4 Å². The van der Waals surface area contributed by atoms with Gasteiger partial charge in [-0.05, 0) is 31.9 Å². The summed E-state index contributed by atoms with van der Waals surface area (Å²) in [5.41, 5.74) is 0.620. The molecule has 5 heteroatoms. The predicted molar refractivity (Wildman–Crippen MR) is 60.4 cm³/mol. The number of carbonyl (C=O) groups is 1. The molecule has 0 amide bonds. The summed E-state index contributed by atoms with van der Waals surface area (Å²) in [6.45, 7) is 2.88. The van der Waals surface area contributed by atoms with Crippen LogP contribution in [0.5, 0.6) is 5.75 Å². The molecule has 0 aromatic carbocycles. The smallest absolute Gasteiger partial charge is 0.358 e. The zero-order chi connectivity index (χ0) is 12.3. The van der Waals surface area contributed by atoms with Crippen LogP contribution in [0.2, 0.25) is 0 Å². The van der Waals surface area contributed by atoms with Crippen molar-refractivity contribution in [2.45, 2.75) is 25.9 Å². The van der Waals surface area contributed by atoms with E-state index in [9.17, 15) is 4.79 Å². The molecule has 1 aliphatic rings. The first-order valence-corrected chi connectivity index (χ1v) is 5.62. The van der Waals surface area contributed by atoms with Crippen LogP contribution in [-0.2, 0) is 4.74 Å². The van der Waals surface area contributed by atoms with Gasteiger partial charge in [0.15, 0.2) is 11.4 Å². The Bertz CT molecular complexity index is 413. The Morgan fingerprint density at radius 3 is 3.12 bits per heavy atom. The number of pyridine rings is 1. The number of carboxylic acids is 1. The molecule has 1 aliphatic heterocycles. The van der Waals surface area contributed by atoms with Crippen LogP contribution in [0, 0.1) is 6.92 Å². The third-order valence-corrected chi connectivity index (χ3v) is 2.65. The van der Waals surface area contributed by atoms with E-state index in [-0.39, 0.29) is 11.8 Å². The van der Waals surface area contributed by atoms with E-state index in [1.807, 2.05) is 0 Å². The normalized spacial score (nSPS) is 19.2. The number of aryl methyl sites for hydroxylation is 1. The van der Waals surface area contributed by atoms with E-state index >= 15 is 0 Å². The third kappa shape index (κ3) is 2.94. The molecule has 2 rings (SSSR count). The van der Waals surface area contributed by atoms with Crippen LogP contribution in [0.15, 0.2) is 12.1 Å². The number of hydrogen-bond acceptors (Lipinski definition) is 4. The predicted octanol–water partition coefficient (Wildman–Crippen LogP) is 1.65. The first-order chi connectivity index (χ1) is 8.16. The number of hydrogen-bond donors (Lipinski definition) is 1. The summed E-state index contributed by atoms with van der Waals surface area (Å²) < 4.78 is 10.9. The highest BCUT2D eigenvalue weighted by Gasteiger charge is 2.19. The molecule has 1 saturated heterocycles. The van der Waals surface area contributed by atoms with E-state index in [1.165, 1.54) is 0 Å². The lowest BCUT2D eigenvalue weighted by Crippen LogP contribution is -2.18. The molecule has 1 atom stereocenters. The summed E-state index contributed by atoms with van der Waals surface area (Å²) >= 11 is 0. The summed E-state index contributed by atoms with van der Waals surface area (Å²) in [7, 11) is 0. The Morgan fingerprint density at radius 1 is 1.65 bits per heavy atom. The maximum atomic E-state index is 11.0. The van der Waals surface area contributed by atoms with Gasteiger partial charge in [-0.1, -0.05) is 0 Å². The van der Waals surface area contributed by atoms with Crippen molar-refractivity contribution >= 4 is 5.97 Å². The van der Waals surface area contributed by atoms with E-state index in [2.05, 4.69) is 4.98 Å². The molecule has 0 aliphatic carbocycles. The molecule has 1 unspecified atom stereocenters. The average Bonchev–Trinajstić information content (AvgIpc) is 2.80. The minimum absolute atomic E-state index is 0.0389. The van der Waals surface area contributed by atoms with Gasteiger partial charge in [-0.3, -0.25) is 0 Å². The summed E-state index contributed by atoms with van der Waals surface area (Å²) in [5, 5.41) is 9.01. The molecule has 17 heavy (non-hydrogen) atoms. The summed E-state index contributed by atoms with van der Waals surface area (Å²) in [4.78, 5) is 14.9. The zero-order valence-corrected chi connectivity index (χ0v) is 9.68. The van der Waals surface area contributed by atoms with Gasteiger partial charge in [0.2, 0.25) is 0 Å². The molecule has 1 fully saturated rings. The zero-order valence-electron chi connectivity index (χ0n) is 9.68. The number of aromatic nitrogens is 1. The van der Waals surface area contributed by atoms with E-state index in [1.54, 1.807) is 19.1 Å². The summed E-state index contributed by atoms with van der Waals surface area (Å²) in [6, 6.07) is 3.37. The molecule has 0 saturated carbocycles. The van der Waals surface area contributed by atoms with Gasteiger partial charge in [0.25, 0.3) is 0 Å². The first-order valence-electron chi connectivity index (χ1n) is 5.62. The highest BCUT2D eigenvalue weighted by Crippen LogP contribution is 2.19. The Kier molecular flexibility index (Phi) is 3.58. The third-order valence-electron chi connectivity index (χ3n) is 2.65. The number of ether oxygens (including phenoxy) is 2. The van der Waals surface area contributed by atoms with Crippen molar-refractivity contribution in [3.8, 4) is 5.75 Å². The average molecular weight is 237 g/mol. The fraction of sp³-hybridized carbons (Fsp3) is 0.500. The van der Waals surface area contributed by atoms with Crippen LogP contribution in [0.3, 0.4) is 0 Å². The number of carboxylic acid groups (broad SMARTS) is 1. The van der Waals surface area contributed by atoms with Crippen LogP contribution < -0.4 is 4.74 Å². The largest absolute Gasteiger partial charge is 0.488 e. The van der Waals surface area contributed by atoms with Crippen LogP contribution in [0.4, 0.5) is 0 Å². The molecule has 1 aromatic heterocycles. The minimum Gasteiger partial charge on any atom is -0.488 e. The maximum absolute atomic E-state index is 11.0. The highest BCUT2D eigenvalue weighted by molar-refractivity contribution is 5.88. The second kappa shape index (κ2) is 5.14. The molecule has 0 spiro atoms. The standard InChI is InChI=1S/C12H15NO4/c1-8-4-5-10(11(13-8)12(14)15)17-7-9-3-2-6-16-9/h4-5,9H,2-3,6-7H2,1H3,(H,14,15). The number of nitrogens with zero attached hydrogens (tertiary/aromatic N) is 1. The van der Waals surface area contributed by atoms with Crippen molar-refractivity contribution in [3.05, 3.63) is 23.5 Å². The van der Waals surface area contributed by atoms with Crippen molar-refractivity contribution < 1.29 is 19.4 Å². The highest BCUT2D eigenvalue weighted by atomic mass is 16.5. The molecular weight excluding hydrogens is 222 g/mol. The molecule has 5 nitrogen and oxygen atoms in total. The van der Waals surface area contributed by atoms with Crippen LogP contribution in [-0.4, -0.2) is 35.4 Å². The molecule has 1 aromatic rings. The van der Waals surface area contributed by atoms with Crippen LogP contribution in [0.25, 0.3) is 0 Å². The Morgan fingerprint density at radius 2 is 2.47 bits per heavy atom. The Hall–Kier alpha value is -1.62. The van der Waals surface area contributed by atoms with Crippen molar-refractivity contribution in [1.29, 1.82) is 0 Å². The molecule has 1 N–H and O–H groups in total. The van der Waals surface area contributed by atoms with Gasteiger partial charge in [0.1, 0.15) is 6.61 Å².